The molecule has 0 aromatic heterocycles. The van der Waals surface area contributed by atoms with Crippen molar-refractivity contribution in [3.63, 3.8) is 0 Å². The van der Waals surface area contributed by atoms with Gasteiger partial charge in [-0.05, 0) is 37.1 Å². The highest BCUT2D eigenvalue weighted by Crippen LogP contribution is 2.30. The normalized spacial score (nSPS) is 10.3. The molecule has 0 saturated carbocycles. The molecule has 0 unspecified atom stereocenters. The second kappa shape index (κ2) is 8.20. The summed E-state index contributed by atoms with van der Waals surface area (Å²) in [4.78, 5) is 10.7. The van der Waals surface area contributed by atoms with Crippen molar-refractivity contribution in [2.45, 2.75) is 39.0 Å². The number of rotatable bonds is 8. The van der Waals surface area contributed by atoms with Gasteiger partial charge in [-0.15, -0.1) is 0 Å². The number of phenolic OH excluding ortho intramolecular Hbond substituents is 1. The van der Waals surface area contributed by atoms with Crippen molar-refractivity contribution in [3.8, 4) is 17.2 Å². The first-order valence-electron chi connectivity index (χ1n) is 7.51. The van der Waals surface area contributed by atoms with Crippen LogP contribution in [0.15, 0.2) is 48.5 Å². The maximum Gasteiger partial charge on any atom is 0.185 e. The molecular formula is C18H22O3. The zero-order chi connectivity index (χ0) is 14.9. The van der Waals surface area contributed by atoms with Gasteiger partial charge in [0.1, 0.15) is 5.75 Å². The van der Waals surface area contributed by atoms with Crippen LogP contribution in [0.2, 0.25) is 0 Å². The predicted molar refractivity (Wildman–Crippen MR) is 83.7 cm³/mol. The summed E-state index contributed by atoms with van der Waals surface area (Å²) in [5, 5.41) is 10.0. The zero-order valence-electron chi connectivity index (χ0n) is 12.4. The van der Waals surface area contributed by atoms with Gasteiger partial charge in [0, 0.05) is 5.56 Å². The molecule has 0 heterocycles. The van der Waals surface area contributed by atoms with Crippen LogP contribution in [0, 0.1) is 0 Å². The van der Waals surface area contributed by atoms with Crippen LogP contribution in [0.1, 0.15) is 38.2 Å². The standard InChI is InChI=1S/C18H22O3/c1-2-3-4-8-12-16-17(19)13-9-14-18(16)21-20-15-10-6-5-7-11-15/h5-7,9-11,13-14,19H,2-4,8,12H2,1H3. The van der Waals surface area contributed by atoms with Gasteiger partial charge in [0.05, 0.1) is 0 Å². The fourth-order valence-corrected chi connectivity index (χ4v) is 2.18. The second-order valence-electron chi connectivity index (χ2n) is 5.04. The van der Waals surface area contributed by atoms with Crippen LogP contribution < -0.4 is 9.78 Å². The van der Waals surface area contributed by atoms with Crippen LogP contribution in [-0.4, -0.2) is 5.11 Å². The summed E-state index contributed by atoms with van der Waals surface area (Å²) in [5.41, 5.74) is 0.810. The van der Waals surface area contributed by atoms with E-state index in [1.807, 2.05) is 36.4 Å². The summed E-state index contributed by atoms with van der Waals surface area (Å²) < 4.78 is 0. The van der Waals surface area contributed by atoms with Crippen LogP contribution in [0.25, 0.3) is 0 Å². The van der Waals surface area contributed by atoms with Gasteiger partial charge in [-0.1, -0.05) is 50.5 Å². The molecule has 112 valence electrons. The molecule has 0 radical (unpaired) electrons. The van der Waals surface area contributed by atoms with Gasteiger partial charge in [0.15, 0.2) is 11.5 Å². The number of phenols is 1. The highest BCUT2D eigenvalue weighted by Gasteiger charge is 2.10. The third kappa shape index (κ3) is 4.71. The highest BCUT2D eigenvalue weighted by atomic mass is 17.2. The molecule has 0 aliphatic heterocycles. The summed E-state index contributed by atoms with van der Waals surface area (Å²) in [5.74, 6) is 1.48. The van der Waals surface area contributed by atoms with Crippen molar-refractivity contribution < 1.29 is 14.9 Å². The monoisotopic (exact) mass is 286 g/mol. The van der Waals surface area contributed by atoms with Crippen LogP contribution in [-0.2, 0) is 6.42 Å². The minimum Gasteiger partial charge on any atom is -0.508 e. The first kappa shape index (κ1) is 15.2. The summed E-state index contributed by atoms with van der Waals surface area (Å²) in [6.45, 7) is 2.18. The maximum absolute atomic E-state index is 10.0. The second-order valence-corrected chi connectivity index (χ2v) is 5.04. The lowest BCUT2D eigenvalue weighted by molar-refractivity contribution is -0.101. The van der Waals surface area contributed by atoms with Gasteiger partial charge < -0.3 is 5.11 Å². The average molecular weight is 286 g/mol. The number of para-hydroxylation sites is 1. The van der Waals surface area contributed by atoms with E-state index in [1.54, 1.807) is 12.1 Å². The van der Waals surface area contributed by atoms with Crippen molar-refractivity contribution in [2.24, 2.45) is 0 Å². The maximum atomic E-state index is 10.0. The number of hydrogen-bond acceptors (Lipinski definition) is 3. The lowest BCUT2D eigenvalue weighted by atomic mass is 10.0. The molecule has 3 nitrogen and oxygen atoms in total. The molecule has 0 spiro atoms. The largest absolute Gasteiger partial charge is 0.508 e. The molecule has 2 aromatic carbocycles. The van der Waals surface area contributed by atoms with E-state index < -0.39 is 0 Å². The topological polar surface area (TPSA) is 38.7 Å². The van der Waals surface area contributed by atoms with E-state index in [0.29, 0.717) is 11.5 Å². The third-order valence-electron chi connectivity index (χ3n) is 3.36. The molecule has 0 aliphatic carbocycles. The van der Waals surface area contributed by atoms with Crippen LogP contribution >= 0.6 is 0 Å². The summed E-state index contributed by atoms with van der Waals surface area (Å²) in [6, 6.07) is 14.6. The van der Waals surface area contributed by atoms with E-state index in [1.165, 1.54) is 12.8 Å². The van der Waals surface area contributed by atoms with E-state index in [4.69, 9.17) is 9.78 Å². The number of hydrogen-bond donors (Lipinski definition) is 1. The van der Waals surface area contributed by atoms with E-state index in [2.05, 4.69) is 6.92 Å². The smallest absolute Gasteiger partial charge is 0.185 e. The fraction of sp³-hybridized carbons (Fsp3) is 0.333. The first-order chi connectivity index (χ1) is 10.3. The first-order valence-corrected chi connectivity index (χ1v) is 7.51. The van der Waals surface area contributed by atoms with Crippen LogP contribution in [0.3, 0.4) is 0 Å². The van der Waals surface area contributed by atoms with Gasteiger partial charge in [-0.3, -0.25) is 9.78 Å². The quantitative estimate of drug-likeness (QED) is 0.426. The van der Waals surface area contributed by atoms with Crippen LogP contribution in [0.5, 0.6) is 17.2 Å². The summed E-state index contributed by atoms with van der Waals surface area (Å²) in [6.07, 6.45) is 5.39. The molecule has 0 atom stereocenters. The molecule has 0 aliphatic rings. The van der Waals surface area contributed by atoms with Crippen molar-refractivity contribution in [3.05, 3.63) is 54.1 Å². The van der Waals surface area contributed by atoms with Crippen molar-refractivity contribution in [1.29, 1.82) is 0 Å². The van der Waals surface area contributed by atoms with Crippen molar-refractivity contribution in [1.82, 2.24) is 0 Å². The Balaban J connectivity index is 1.99. The number of benzene rings is 2. The van der Waals surface area contributed by atoms with Gasteiger partial charge in [0.25, 0.3) is 0 Å². The Hall–Kier alpha value is -2.16. The van der Waals surface area contributed by atoms with Gasteiger partial charge >= 0.3 is 0 Å². The average Bonchev–Trinajstić information content (AvgIpc) is 2.52. The van der Waals surface area contributed by atoms with E-state index in [-0.39, 0.29) is 5.75 Å². The molecule has 1 N–H and O–H groups in total. The number of aromatic hydroxyl groups is 1. The minimum absolute atomic E-state index is 0.265. The van der Waals surface area contributed by atoms with Gasteiger partial charge in [-0.2, -0.15) is 0 Å². The lowest BCUT2D eigenvalue weighted by Crippen LogP contribution is -2.03. The van der Waals surface area contributed by atoms with Gasteiger partial charge in [-0.25, -0.2) is 0 Å². The van der Waals surface area contributed by atoms with Crippen molar-refractivity contribution in [2.75, 3.05) is 0 Å². The molecule has 0 amide bonds. The Morgan fingerprint density at radius 1 is 0.857 bits per heavy atom. The van der Waals surface area contributed by atoms with Crippen molar-refractivity contribution >= 4 is 0 Å². The molecule has 0 fully saturated rings. The van der Waals surface area contributed by atoms with Gasteiger partial charge in [0.2, 0.25) is 0 Å². The molecule has 3 heteroatoms. The van der Waals surface area contributed by atoms with E-state index in [0.717, 1.165) is 24.8 Å². The fourth-order valence-electron chi connectivity index (χ4n) is 2.18. The predicted octanol–water partition coefficient (Wildman–Crippen LogP) is 4.89. The van der Waals surface area contributed by atoms with E-state index >= 15 is 0 Å². The Morgan fingerprint density at radius 2 is 1.67 bits per heavy atom. The zero-order valence-corrected chi connectivity index (χ0v) is 12.4. The third-order valence-corrected chi connectivity index (χ3v) is 3.36. The molecular weight excluding hydrogens is 264 g/mol. The Morgan fingerprint density at radius 3 is 2.43 bits per heavy atom. The lowest BCUT2D eigenvalue weighted by Gasteiger charge is -2.11. The Labute approximate surface area is 126 Å². The molecule has 2 rings (SSSR count). The molecule has 0 bridgehead atoms. The summed E-state index contributed by atoms with van der Waals surface area (Å²) >= 11 is 0. The van der Waals surface area contributed by atoms with Crippen LogP contribution in [0.4, 0.5) is 0 Å². The highest BCUT2D eigenvalue weighted by molar-refractivity contribution is 5.43. The minimum atomic E-state index is 0.265. The number of unbranched alkanes of at least 4 members (excludes halogenated alkanes) is 3. The molecule has 2 aromatic rings. The van der Waals surface area contributed by atoms with E-state index in [9.17, 15) is 5.11 Å². The Kier molecular flexibility index (Phi) is 5.95. The molecule has 21 heavy (non-hydrogen) atoms. The summed E-state index contributed by atoms with van der Waals surface area (Å²) in [7, 11) is 0. The Bertz CT molecular complexity index is 537. The SMILES string of the molecule is CCCCCCc1c(O)cccc1OOc1ccccc1. The molecule has 0 saturated heterocycles.